The molecule has 3 rings (SSSR count). The minimum Gasteiger partial charge on any atom is -0.380 e. The van der Waals surface area contributed by atoms with Gasteiger partial charge in [0.15, 0.2) is 0 Å². The maximum absolute atomic E-state index is 5.50. The van der Waals surface area contributed by atoms with Crippen LogP contribution >= 0.6 is 0 Å². The van der Waals surface area contributed by atoms with Crippen LogP contribution in [0.5, 0.6) is 0 Å². The Morgan fingerprint density at radius 1 is 1.28 bits per heavy atom. The summed E-state index contributed by atoms with van der Waals surface area (Å²) in [4.78, 5) is 2.61. The molecule has 2 atom stereocenters. The van der Waals surface area contributed by atoms with Gasteiger partial charge in [-0.25, -0.2) is 0 Å². The summed E-state index contributed by atoms with van der Waals surface area (Å²) in [6.07, 6.45) is 2.34. The van der Waals surface area contributed by atoms with Gasteiger partial charge in [-0.05, 0) is 18.4 Å². The fourth-order valence-corrected chi connectivity index (χ4v) is 3.03. The maximum atomic E-state index is 5.50. The quantitative estimate of drug-likeness (QED) is 0.870. The van der Waals surface area contributed by atoms with Crippen LogP contribution in [0.1, 0.15) is 12.0 Å². The molecule has 0 saturated carbocycles. The smallest absolute Gasteiger partial charge is 0.0622 e. The van der Waals surface area contributed by atoms with Crippen molar-refractivity contribution in [3.05, 3.63) is 35.9 Å². The highest BCUT2D eigenvalue weighted by molar-refractivity contribution is 5.16. The Balaban J connectivity index is 1.56. The second-order valence-electron chi connectivity index (χ2n) is 5.35. The van der Waals surface area contributed by atoms with Crippen LogP contribution in [0.25, 0.3) is 0 Å². The van der Waals surface area contributed by atoms with E-state index in [9.17, 15) is 0 Å². The highest BCUT2D eigenvalue weighted by Crippen LogP contribution is 2.15. The number of piperazine rings is 1. The van der Waals surface area contributed by atoms with Gasteiger partial charge in [0.25, 0.3) is 0 Å². The molecular weight excluding hydrogens is 224 g/mol. The maximum Gasteiger partial charge on any atom is 0.0622 e. The Bertz CT molecular complexity index is 362. The van der Waals surface area contributed by atoms with Crippen molar-refractivity contribution < 1.29 is 4.74 Å². The molecule has 0 aliphatic carbocycles. The van der Waals surface area contributed by atoms with E-state index in [0.29, 0.717) is 12.1 Å². The summed E-state index contributed by atoms with van der Waals surface area (Å²) < 4.78 is 5.50. The van der Waals surface area contributed by atoms with Crippen molar-refractivity contribution in [2.75, 3.05) is 32.8 Å². The van der Waals surface area contributed by atoms with E-state index in [0.717, 1.165) is 32.7 Å². The molecule has 2 aliphatic heterocycles. The van der Waals surface area contributed by atoms with Gasteiger partial charge in [0.2, 0.25) is 0 Å². The van der Waals surface area contributed by atoms with Crippen LogP contribution in [-0.2, 0) is 11.2 Å². The summed E-state index contributed by atoms with van der Waals surface area (Å²) in [6, 6.07) is 12.0. The summed E-state index contributed by atoms with van der Waals surface area (Å²) in [5.74, 6) is 0. The number of nitrogens with one attached hydrogen (secondary N) is 1. The van der Waals surface area contributed by atoms with Crippen LogP contribution in [0.3, 0.4) is 0 Å². The number of ether oxygens (including phenoxy) is 1. The number of hydrogen-bond acceptors (Lipinski definition) is 3. The fraction of sp³-hybridized carbons (Fsp3) is 0.600. The predicted octanol–water partition coefficient (Wildman–Crippen LogP) is 1.29. The molecule has 0 aromatic heterocycles. The van der Waals surface area contributed by atoms with Crippen LogP contribution in [0.2, 0.25) is 0 Å². The average Bonchev–Trinajstić information content (AvgIpc) is 2.94. The SMILES string of the molecule is c1ccc(CC2CN(C3CCOC3)CCN2)cc1. The molecule has 0 bridgehead atoms. The lowest BCUT2D eigenvalue weighted by Crippen LogP contribution is -2.54. The van der Waals surface area contributed by atoms with Gasteiger partial charge in [0.05, 0.1) is 6.61 Å². The van der Waals surface area contributed by atoms with E-state index < -0.39 is 0 Å². The molecule has 2 fully saturated rings. The summed E-state index contributed by atoms with van der Waals surface area (Å²) in [7, 11) is 0. The van der Waals surface area contributed by atoms with Gasteiger partial charge in [-0.3, -0.25) is 4.90 Å². The van der Waals surface area contributed by atoms with Crippen LogP contribution in [0, 0.1) is 0 Å². The molecule has 3 nitrogen and oxygen atoms in total. The van der Waals surface area contributed by atoms with Crippen molar-refractivity contribution in [2.45, 2.75) is 24.9 Å². The van der Waals surface area contributed by atoms with Gasteiger partial charge in [0.1, 0.15) is 0 Å². The molecule has 1 N–H and O–H groups in total. The Labute approximate surface area is 109 Å². The minimum absolute atomic E-state index is 0.585. The van der Waals surface area contributed by atoms with E-state index in [1.807, 2.05) is 0 Å². The van der Waals surface area contributed by atoms with Gasteiger partial charge in [-0.1, -0.05) is 30.3 Å². The van der Waals surface area contributed by atoms with E-state index in [1.54, 1.807) is 0 Å². The van der Waals surface area contributed by atoms with Crippen molar-refractivity contribution in [1.82, 2.24) is 10.2 Å². The zero-order chi connectivity index (χ0) is 12.2. The Morgan fingerprint density at radius 2 is 2.17 bits per heavy atom. The third kappa shape index (κ3) is 2.91. The topological polar surface area (TPSA) is 24.5 Å². The molecule has 3 heteroatoms. The summed E-state index contributed by atoms with van der Waals surface area (Å²) >= 11 is 0. The third-order valence-corrected chi connectivity index (χ3v) is 4.03. The first kappa shape index (κ1) is 12.2. The molecule has 2 saturated heterocycles. The van der Waals surface area contributed by atoms with Gasteiger partial charge >= 0.3 is 0 Å². The Morgan fingerprint density at radius 3 is 2.94 bits per heavy atom. The second kappa shape index (κ2) is 5.83. The number of hydrogen-bond donors (Lipinski definition) is 1. The van der Waals surface area contributed by atoms with Crippen molar-refractivity contribution in [2.24, 2.45) is 0 Å². The Kier molecular flexibility index (Phi) is 3.93. The molecular formula is C15H22N2O. The van der Waals surface area contributed by atoms with E-state index in [4.69, 9.17) is 4.74 Å². The molecule has 0 radical (unpaired) electrons. The van der Waals surface area contributed by atoms with Crippen LogP contribution in [0.4, 0.5) is 0 Å². The summed E-state index contributed by atoms with van der Waals surface area (Å²) in [5.41, 5.74) is 1.43. The van der Waals surface area contributed by atoms with E-state index in [1.165, 1.54) is 18.5 Å². The molecule has 2 heterocycles. The molecule has 1 aromatic carbocycles. The van der Waals surface area contributed by atoms with Crippen LogP contribution in [0.15, 0.2) is 30.3 Å². The summed E-state index contributed by atoms with van der Waals surface area (Å²) in [5, 5.41) is 3.64. The molecule has 2 unspecified atom stereocenters. The largest absolute Gasteiger partial charge is 0.380 e. The first-order chi connectivity index (χ1) is 8.92. The number of rotatable bonds is 3. The van der Waals surface area contributed by atoms with Crippen molar-refractivity contribution in [1.29, 1.82) is 0 Å². The zero-order valence-corrected chi connectivity index (χ0v) is 10.8. The highest BCUT2D eigenvalue weighted by atomic mass is 16.5. The summed E-state index contributed by atoms with van der Waals surface area (Å²) in [6.45, 7) is 5.30. The highest BCUT2D eigenvalue weighted by Gasteiger charge is 2.27. The van der Waals surface area contributed by atoms with Gasteiger partial charge in [0, 0.05) is 38.3 Å². The van der Waals surface area contributed by atoms with E-state index in [2.05, 4.69) is 40.5 Å². The number of nitrogens with zero attached hydrogens (tertiary/aromatic N) is 1. The molecule has 0 amide bonds. The fourth-order valence-electron chi connectivity index (χ4n) is 3.03. The third-order valence-electron chi connectivity index (χ3n) is 4.03. The van der Waals surface area contributed by atoms with Gasteiger partial charge in [-0.2, -0.15) is 0 Å². The lowest BCUT2D eigenvalue weighted by molar-refractivity contribution is 0.117. The number of benzene rings is 1. The zero-order valence-electron chi connectivity index (χ0n) is 10.8. The van der Waals surface area contributed by atoms with Crippen molar-refractivity contribution >= 4 is 0 Å². The molecule has 18 heavy (non-hydrogen) atoms. The predicted molar refractivity (Wildman–Crippen MR) is 72.7 cm³/mol. The monoisotopic (exact) mass is 246 g/mol. The average molecular weight is 246 g/mol. The first-order valence-electron chi connectivity index (χ1n) is 7.01. The van der Waals surface area contributed by atoms with Gasteiger partial charge in [-0.15, -0.1) is 0 Å². The molecule has 2 aliphatic rings. The van der Waals surface area contributed by atoms with Crippen molar-refractivity contribution in [3.63, 3.8) is 0 Å². The molecule has 1 aromatic rings. The van der Waals surface area contributed by atoms with Gasteiger partial charge < -0.3 is 10.1 Å². The second-order valence-corrected chi connectivity index (χ2v) is 5.35. The van der Waals surface area contributed by atoms with Crippen molar-refractivity contribution in [3.8, 4) is 0 Å². The minimum atomic E-state index is 0.585. The van der Waals surface area contributed by atoms with E-state index >= 15 is 0 Å². The first-order valence-corrected chi connectivity index (χ1v) is 7.01. The normalized spacial score (nSPS) is 29.6. The van der Waals surface area contributed by atoms with E-state index in [-0.39, 0.29) is 0 Å². The van der Waals surface area contributed by atoms with Crippen LogP contribution in [-0.4, -0.2) is 49.8 Å². The van der Waals surface area contributed by atoms with Crippen LogP contribution < -0.4 is 5.32 Å². The Hall–Kier alpha value is -0.900. The lowest BCUT2D eigenvalue weighted by atomic mass is 10.0. The molecule has 0 spiro atoms. The standard InChI is InChI=1S/C15H22N2O/c1-2-4-13(5-3-1)10-14-11-17(8-7-16-14)15-6-9-18-12-15/h1-5,14-16H,6-12H2. The molecule has 98 valence electrons. The lowest BCUT2D eigenvalue weighted by Gasteiger charge is -2.37.